The molecular formula is C21H33NO6. The highest BCUT2D eigenvalue weighted by Gasteiger charge is 2.38. The Morgan fingerprint density at radius 3 is 1.93 bits per heavy atom. The van der Waals surface area contributed by atoms with Crippen molar-refractivity contribution in [2.24, 2.45) is 0 Å². The van der Waals surface area contributed by atoms with Crippen LogP contribution >= 0.6 is 0 Å². The van der Waals surface area contributed by atoms with Crippen LogP contribution in [0.5, 0.6) is 5.75 Å². The van der Waals surface area contributed by atoms with Crippen molar-refractivity contribution in [1.82, 2.24) is 4.90 Å². The van der Waals surface area contributed by atoms with Gasteiger partial charge in [0.1, 0.15) is 5.75 Å². The fraction of sp³-hybridized carbons (Fsp3) is 0.619. The summed E-state index contributed by atoms with van der Waals surface area (Å²) in [6.45, 7) is 0.835. The summed E-state index contributed by atoms with van der Waals surface area (Å²) < 4.78 is 0. The number of carboxylic acids is 2. The number of likely N-dealkylation sites (N-methyl/N-ethyl adjacent to an activating group) is 1. The van der Waals surface area contributed by atoms with Gasteiger partial charge in [0.05, 0.1) is 5.60 Å². The minimum absolute atomic E-state index is 0.0632. The lowest BCUT2D eigenvalue weighted by Gasteiger charge is -2.40. The Morgan fingerprint density at radius 2 is 1.50 bits per heavy atom. The zero-order chi connectivity index (χ0) is 21.2. The monoisotopic (exact) mass is 395 g/mol. The minimum atomic E-state index is -0.948. The van der Waals surface area contributed by atoms with E-state index in [0.29, 0.717) is 0 Å². The SMILES string of the molecule is CN(C)CC(c1ccc(O)cc1)C1(O)CCCCC1.O=C(O)CCCC(=O)O. The molecular weight excluding hydrogens is 362 g/mol. The molecule has 0 amide bonds. The lowest BCUT2D eigenvalue weighted by Crippen LogP contribution is -2.42. The summed E-state index contributed by atoms with van der Waals surface area (Å²) in [5.41, 5.74) is 0.523. The van der Waals surface area contributed by atoms with Crippen LogP contribution in [0.1, 0.15) is 62.8 Å². The molecule has 1 atom stereocenters. The van der Waals surface area contributed by atoms with Crippen LogP contribution in [0.4, 0.5) is 0 Å². The van der Waals surface area contributed by atoms with E-state index in [1.54, 1.807) is 12.1 Å². The summed E-state index contributed by atoms with van der Waals surface area (Å²) >= 11 is 0. The molecule has 7 heteroatoms. The van der Waals surface area contributed by atoms with Crippen LogP contribution in [0.2, 0.25) is 0 Å². The van der Waals surface area contributed by atoms with Gasteiger partial charge in [0.25, 0.3) is 0 Å². The second kappa shape index (κ2) is 11.7. The van der Waals surface area contributed by atoms with Gasteiger partial charge in [-0.25, -0.2) is 0 Å². The van der Waals surface area contributed by atoms with E-state index < -0.39 is 17.5 Å². The van der Waals surface area contributed by atoms with Crippen molar-refractivity contribution in [1.29, 1.82) is 0 Å². The predicted molar refractivity (Wildman–Crippen MR) is 107 cm³/mol. The smallest absolute Gasteiger partial charge is 0.303 e. The number of nitrogens with zero attached hydrogens (tertiary/aromatic N) is 1. The van der Waals surface area contributed by atoms with Gasteiger partial charge >= 0.3 is 11.9 Å². The molecule has 0 heterocycles. The Balaban J connectivity index is 0.000000370. The molecule has 0 aliphatic heterocycles. The van der Waals surface area contributed by atoms with Gasteiger partial charge in [-0.1, -0.05) is 31.4 Å². The first-order valence-corrected chi connectivity index (χ1v) is 9.73. The van der Waals surface area contributed by atoms with Crippen molar-refractivity contribution in [2.45, 2.75) is 62.9 Å². The average Bonchev–Trinajstić information content (AvgIpc) is 2.61. The number of carboxylic acid groups (broad SMARTS) is 2. The average molecular weight is 395 g/mol. The first kappa shape index (κ1) is 23.9. The molecule has 4 N–H and O–H groups in total. The summed E-state index contributed by atoms with van der Waals surface area (Å²) in [5, 5.41) is 36.5. The summed E-state index contributed by atoms with van der Waals surface area (Å²) in [4.78, 5) is 21.7. The fourth-order valence-electron chi connectivity index (χ4n) is 3.56. The number of phenolic OH excluding ortho intramolecular Hbond substituents is 1. The molecule has 1 aromatic carbocycles. The molecule has 1 aliphatic carbocycles. The number of aliphatic carboxylic acids is 2. The van der Waals surface area contributed by atoms with Gasteiger partial charge in [-0.15, -0.1) is 0 Å². The van der Waals surface area contributed by atoms with Gasteiger partial charge in [0.15, 0.2) is 0 Å². The van der Waals surface area contributed by atoms with E-state index in [2.05, 4.69) is 4.90 Å². The van der Waals surface area contributed by atoms with Crippen molar-refractivity contribution < 1.29 is 30.0 Å². The van der Waals surface area contributed by atoms with E-state index >= 15 is 0 Å². The number of hydrogen-bond donors (Lipinski definition) is 4. The quantitative estimate of drug-likeness (QED) is 0.534. The Labute approximate surface area is 166 Å². The van der Waals surface area contributed by atoms with Crippen LogP contribution in [-0.4, -0.2) is 63.5 Å². The van der Waals surface area contributed by atoms with Gasteiger partial charge in [0, 0.05) is 25.3 Å². The molecule has 0 spiro atoms. The zero-order valence-electron chi connectivity index (χ0n) is 16.8. The number of aromatic hydroxyl groups is 1. The van der Waals surface area contributed by atoms with Crippen molar-refractivity contribution in [2.75, 3.05) is 20.6 Å². The molecule has 7 nitrogen and oxygen atoms in total. The molecule has 0 bridgehead atoms. The molecule has 158 valence electrons. The molecule has 0 saturated heterocycles. The third kappa shape index (κ3) is 8.71. The normalized spacial score (nSPS) is 16.7. The Bertz CT molecular complexity index is 594. The Morgan fingerprint density at radius 1 is 1.00 bits per heavy atom. The standard InChI is InChI=1S/C16H25NO2.C5H8O4/c1-17(2)12-15(13-6-8-14(18)9-7-13)16(19)10-4-3-5-11-16;6-4(7)2-1-3-5(8)9/h6-9,15,18-19H,3-5,10-12H2,1-2H3;1-3H2,(H,6,7)(H,8,9). The van der Waals surface area contributed by atoms with E-state index in [-0.39, 0.29) is 30.9 Å². The van der Waals surface area contributed by atoms with Crippen LogP contribution in [0.15, 0.2) is 24.3 Å². The first-order chi connectivity index (χ1) is 13.1. The second-order valence-corrected chi connectivity index (χ2v) is 7.71. The number of hydrogen-bond acceptors (Lipinski definition) is 5. The summed E-state index contributed by atoms with van der Waals surface area (Å²) in [7, 11) is 4.08. The molecule has 0 radical (unpaired) electrons. The van der Waals surface area contributed by atoms with Crippen molar-refractivity contribution in [3.05, 3.63) is 29.8 Å². The summed E-state index contributed by atoms with van der Waals surface area (Å²) in [6.07, 6.45) is 5.30. The molecule has 0 aromatic heterocycles. The highest BCUT2D eigenvalue weighted by Crippen LogP contribution is 2.40. The van der Waals surface area contributed by atoms with Crippen molar-refractivity contribution in [3.63, 3.8) is 0 Å². The maximum absolute atomic E-state index is 11.0. The Hall–Kier alpha value is -2.12. The van der Waals surface area contributed by atoms with E-state index in [1.165, 1.54) is 6.42 Å². The number of benzene rings is 1. The third-order valence-corrected chi connectivity index (χ3v) is 4.99. The summed E-state index contributed by atoms with van der Waals surface area (Å²) in [6, 6.07) is 7.31. The largest absolute Gasteiger partial charge is 0.508 e. The third-order valence-electron chi connectivity index (χ3n) is 4.99. The van der Waals surface area contributed by atoms with Crippen molar-refractivity contribution in [3.8, 4) is 5.75 Å². The maximum atomic E-state index is 11.0. The van der Waals surface area contributed by atoms with Crippen LogP contribution in [0.25, 0.3) is 0 Å². The highest BCUT2D eigenvalue weighted by molar-refractivity contribution is 5.69. The lowest BCUT2D eigenvalue weighted by atomic mass is 9.72. The molecule has 2 rings (SSSR count). The molecule has 1 fully saturated rings. The zero-order valence-corrected chi connectivity index (χ0v) is 16.8. The van der Waals surface area contributed by atoms with E-state index in [4.69, 9.17) is 10.2 Å². The first-order valence-electron chi connectivity index (χ1n) is 9.73. The van der Waals surface area contributed by atoms with Crippen LogP contribution in [0.3, 0.4) is 0 Å². The van der Waals surface area contributed by atoms with E-state index in [1.807, 2.05) is 26.2 Å². The van der Waals surface area contributed by atoms with E-state index in [9.17, 15) is 19.8 Å². The van der Waals surface area contributed by atoms with Gasteiger partial charge in [-0.3, -0.25) is 9.59 Å². The van der Waals surface area contributed by atoms with Gasteiger partial charge in [-0.05, 0) is 51.1 Å². The number of phenols is 1. The summed E-state index contributed by atoms with van der Waals surface area (Å²) in [5.74, 6) is -1.50. The second-order valence-electron chi connectivity index (χ2n) is 7.71. The fourth-order valence-corrected chi connectivity index (χ4v) is 3.56. The molecule has 28 heavy (non-hydrogen) atoms. The Kier molecular flexibility index (Phi) is 9.96. The number of aliphatic hydroxyl groups is 1. The number of rotatable bonds is 8. The molecule has 1 aliphatic rings. The van der Waals surface area contributed by atoms with Crippen LogP contribution in [-0.2, 0) is 9.59 Å². The lowest BCUT2D eigenvalue weighted by molar-refractivity contribution is -0.138. The molecule has 1 unspecified atom stereocenters. The van der Waals surface area contributed by atoms with Gasteiger partial charge < -0.3 is 25.3 Å². The topological polar surface area (TPSA) is 118 Å². The predicted octanol–water partition coefficient (Wildman–Crippen LogP) is 3.06. The van der Waals surface area contributed by atoms with Crippen LogP contribution in [0, 0.1) is 0 Å². The molecule has 1 aromatic rings. The minimum Gasteiger partial charge on any atom is -0.508 e. The molecule has 1 saturated carbocycles. The maximum Gasteiger partial charge on any atom is 0.303 e. The van der Waals surface area contributed by atoms with Gasteiger partial charge in [-0.2, -0.15) is 0 Å². The van der Waals surface area contributed by atoms with Crippen molar-refractivity contribution >= 4 is 11.9 Å². The van der Waals surface area contributed by atoms with Gasteiger partial charge in [0.2, 0.25) is 0 Å². The van der Waals surface area contributed by atoms with E-state index in [0.717, 1.165) is 37.8 Å². The number of carbonyl (C=O) groups is 2. The highest BCUT2D eigenvalue weighted by atomic mass is 16.4. The van der Waals surface area contributed by atoms with Crippen LogP contribution < -0.4 is 0 Å².